The van der Waals surface area contributed by atoms with Crippen molar-refractivity contribution in [2.75, 3.05) is 16.8 Å². The first-order chi connectivity index (χ1) is 13.0. The Morgan fingerprint density at radius 2 is 1.74 bits per heavy atom. The van der Waals surface area contributed by atoms with Gasteiger partial charge < -0.3 is 10.1 Å². The lowest BCUT2D eigenvalue weighted by Gasteiger charge is -2.17. The molecule has 2 amide bonds. The summed E-state index contributed by atoms with van der Waals surface area (Å²) >= 11 is 0. The van der Waals surface area contributed by atoms with E-state index in [1.54, 1.807) is 12.1 Å². The van der Waals surface area contributed by atoms with Crippen LogP contribution in [0.5, 0.6) is 5.75 Å². The van der Waals surface area contributed by atoms with Crippen molar-refractivity contribution in [3.8, 4) is 5.75 Å². The standard InChI is InChI=1S/C20H14F2N2O3/c21-20(22)27-14-9-7-13(8-10-14)23-17(25)11-24-16-6-2-4-12-3-1-5-15(18(12)16)19(24)26/h1-10,20H,11H2,(H,23,25). The minimum Gasteiger partial charge on any atom is -0.435 e. The van der Waals surface area contributed by atoms with Crippen LogP contribution in [0.15, 0.2) is 60.7 Å². The van der Waals surface area contributed by atoms with Crippen molar-refractivity contribution in [2.24, 2.45) is 0 Å². The molecule has 1 aliphatic rings. The minimum atomic E-state index is -2.91. The average molecular weight is 368 g/mol. The molecule has 1 aliphatic heterocycles. The normalized spacial score (nSPS) is 12.7. The Hall–Kier alpha value is -3.48. The molecule has 0 saturated heterocycles. The summed E-state index contributed by atoms with van der Waals surface area (Å²) in [5.41, 5.74) is 1.69. The highest BCUT2D eigenvalue weighted by Crippen LogP contribution is 2.36. The lowest BCUT2D eigenvalue weighted by atomic mass is 10.1. The summed E-state index contributed by atoms with van der Waals surface area (Å²) in [6, 6.07) is 16.6. The van der Waals surface area contributed by atoms with E-state index in [4.69, 9.17) is 0 Å². The molecular formula is C20H14F2N2O3. The van der Waals surface area contributed by atoms with Gasteiger partial charge in [0.15, 0.2) is 0 Å². The van der Waals surface area contributed by atoms with Crippen LogP contribution in [0.4, 0.5) is 20.2 Å². The Balaban J connectivity index is 1.49. The fourth-order valence-electron chi connectivity index (χ4n) is 3.20. The monoisotopic (exact) mass is 368 g/mol. The molecule has 5 nitrogen and oxygen atoms in total. The second-order valence-electron chi connectivity index (χ2n) is 6.02. The third-order valence-electron chi connectivity index (χ3n) is 4.31. The third kappa shape index (κ3) is 3.19. The number of nitrogens with one attached hydrogen (secondary N) is 1. The van der Waals surface area contributed by atoms with E-state index >= 15 is 0 Å². The first-order valence-corrected chi connectivity index (χ1v) is 8.21. The van der Waals surface area contributed by atoms with Crippen LogP contribution >= 0.6 is 0 Å². The van der Waals surface area contributed by atoms with Crippen molar-refractivity contribution in [1.29, 1.82) is 0 Å². The van der Waals surface area contributed by atoms with Crippen LogP contribution in [0.3, 0.4) is 0 Å². The van der Waals surface area contributed by atoms with Gasteiger partial charge in [0, 0.05) is 16.6 Å². The lowest BCUT2D eigenvalue weighted by Crippen LogP contribution is -2.35. The summed E-state index contributed by atoms with van der Waals surface area (Å²) in [6.07, 6.45) is 0. The second-order valence-corrected chi connectivity index (χ2v) is 6.02. The predicted octanol–water partition coefficient (Wildman–Crippen LogP) is 4.04. The van der Waals surface area contributed by atoms with Gasteiger partial charge in [-0.1, -0.05) is 24.3 Å². The molecule has 0 unspecified atom stereocenters. The second kappa shape index (κ2) is 6.68. The van der Waals surface area contributed by atoms with Crippen LogP contribution in [-0.2, 0) is 4.79 Å². The minimum absolute atomic E-state index is 0.000142. The summed E-state index contributed by atoms with van der Waals surface area (Å²) in [5.74, 6) is -0.617. The molecule has 3 aromatic carbocycles. The van der Waals surface area contributed by atoms with Gasteiger partial charge in [-0.05, 0) is 41.8 Å². The number of ether oxygens (including phenoxy) is 1. The third-order valence-corrected chi connectivity index (χ3v) is 4.31. The molecule has 27 heavy (non-hydrogen) atoms. The Labute approximate surface area is 153 Å². The van der Waals surface area contributed by atoms with Crippen LogP contribution < -0.4 is 15.0 Å². The highest BCUT2D eigenvalue weighted by atomic mass is 19.3. The molecule has 136 valence electrons. The smallest absolute Gasteiger partial charge is 0.387 e. The van der Waals surface area contributed by atoms with Crippen LogP contribution in [0.1, 0.15) is 10.4 Å². The van der Waals surface area contributed by atoms with E-state index in [2.05, 4.69) is 10.1 Å². The molecule has 1 N–H and O–H groups in total. The highest BCUT2D eigenvalue weighted by Gasteiger charge is 2.30. The number of anilines is 2. The first kappa shape index (κ1) is 17.0. The van der Waals surface area contributed by atoms with E-state index in [1.807, 2.05) is 24.3 Å². The van der Waals surface area contributed by atoms with Gasteiger partial charge in [0.2, 0.25) is 5.91 Å². The largest absolute Gasteiger partial charge is 0.435 e. The molecule has 0 bridgehead atoms. The quantitative estimate of drug-likeness (QED) is 0.739. The van der Waals surface area contributed by atoms with Crippen LogP contribution in [0.2, 0.25) is 0 Å². The Morgan fingerprint density at radius 1 is 1.04 bits per heavy atom. The van der Waals surface area contributed by atoms with Gasteiger partial charge in [0.05, 0.1) is 5.69 Å². The number of hydrogen-bond acceptors (Lipinski definition) is 3. The fraction of sp³-hybridized carbons (Fsp3) is 0.100. The van der Waals surface area contributed by atoms with Crippen molar-refractivity contribution < 1.29 is 23.1 Å². The van der Waals surface area contributed by atoms with E-state index in [0.717, 1.165) is 10.8 Å². The van der Waals surface area contributed by atoms with Gasteiger partial charge in [0.1, 0.15) is 12.3 Å². The van der Waals surface area contributed by atoms with Crippen molar-refractivity contribution in [1.82, 2.24) is 0 Å². The SMILES string of the molecule is O=C(CN1C(=O)c2cccc3cccc1c23)Nc1ccc(OC(F)F)cc1. The summed E-state index contributed by atoms with van der Waals surface area (Å²) in [7, 11) is 0. The van der Waals surface area contributed by atoms with Crippen molar-refractivity contribution in [2.45, 2.75) is 6.61 Å². The molecule has 1 heterocycles. The Kier molecular flexibility index (Phi) is 4.19. The molecule has 0 spiro atoms. The van der Waals surface area contributed by atoms with Gasteiger partial charge in [0.25, 0.3) is 5.91 Å². The molecule has 0 saturated carbocycles. The summed E-state index contributed by atoms with van der Waals surface area (Å²) < 4.78 is 28.6. The van der Waals surface area contributed by atoms with Gasteiger partial charge in [-0.3, -0.25) is 14.5 Å². The molecule has 0 radical (unpaired) electrons. The maximum absolute atomic E-state index is 12.7. The van der Waals surface area contributed by atoms with Crippen molar-refractivity contribution in [3.63, 3.8) is 0 Å². The molecule has 7 heteroatoms. The van der Waals surface area contributed by atoms with Gasteiger partial charge >= 0.3 is 6.61 Å². The maximum Gasteiger partial charge on any atom is 0.387 e. The summed E-state index contributed by atoms with van der Waals surface area (Å²) in [5, 5.41) is 4.43. The number of nitrogens with zero attached hydrogens (tertiary/aromatic N) is 1. The van der Waals surface area contributed by atoms with Gasteiger partial charge in [-0.2, -0.15) is 8.78 Å². The Bertz CT molecular complexity index is 1030. The topological polar surface area (TPSA) is 58.6 Å². The zero-order valence-corrected chi connectivity index (χ0v) is 14.0. The molecule has 0 aliphatic carbocycles. The molecule has 4 rings (SSSR count). The molecule has 3 aromatic rings. The maximum atomic E-state index is 12.7. The number of alkyl halides is 2. The number of benzene rings is 3. The molecule has 0 aromatic heterocycles. The van der Waals surface area contributed by atoms with Gasteiger partial charge in [-0.15, -0.1) is 0 Å². The van der Waals surface area contributed by atoms with Crippen LogP contribution in [-0.4, -0.2) is 25.0 Å². The predicted molar refractivity (Wildman–Crippen MR) is 97.3 cm³/mol. The molecule has 0 atom stereocenters. The fourth-order valence-corrected chi connectivity index (χ4v) is 3.20. The number of halogens is 2. The van der Waals surface area contributed by atoms with Crippen LogP contribution in [0.25, 0.3) is 10.8 Å². The number of carbonyl (C=O) groups is 2. The van der Waals surface area contributed by atoms with E-state index < -0.39 is 12.5 Å². The molecular weight excluding hydrogens is 354 g/mol. The van der Waals surface area contributed by atoms with Crippen LogP contribution in [0, 0.1) is 0 Å². The van der Waals surface area contributed by atoms with E-state index in [9.17, 15) is 18.4 Å². The van der Waals surface area contributed by atoms with E-state index in [0.29, 0.717) is 16.9 Å². The van der Waals surface area contributed by atoms with E-state index in [1.165, 1.54) is 29.2 Å². The number of amides is 2. The van der Waals surface area contributed by atoms with Crippen molar-refractivity contribution >= 4 is 34.0 Å². The summed E-state index contributed by atoms with van der Waals surface area (Å²) in [4.78, 5) is 26.5. The first-order valence-electron chi connectivity index (χ1n) is 8.21. The number of carbonyl (C=O) groups excluding carboxylic acids is 2. The van der Waals surface area contributed by atoms with Crippen molar-refractivity contribution in [3.05, 3.63) is 66.2 Å². The number of rotatable bonds is 5. The zero-order chi connectivity index (χ0) is 19.0. The zero-order valence-electron chi connectivity index (χ0n) is 14.0. The van der Waals surface area contributed by atoms with E-state index in [-0.39, 0.29) is 18.2 Å². The van der Waals surface area contributed by atoms with Gasteiger partial charge in [-0.25, -0.2) is 0 Å². The summed E-state index contributed by atoms with van der Waals surface area (Å²) in [6.45, 7) is -3.06. The molecule has 0 fully saturated rings. The Morgan fingerprint density at radius 3 is 2.44 bits per heavy atom. The number of hydrogen-bond donors (Lipinski definition) is 1. The highest BCUT2D eigenvalue weighted by molar-refractivity contribution is 6.26. The lowest BCUT2D eigenvalue weighted by molar-refractivity contribution is -0.114. The average Bonchev–Trinajstić information content (AvgIpc) is 2.91.